The van der Waals surface area contributed by atoms with Gasteiger partial charge >= 0.3 is 0 Å². The smallest absolute Gasteiger partial charge is 0.0110 e. The molecule has 0 aromatic rings. The summed E-state index contributed by atoms with van der Waals surface area (Å²) in [6.07, 6.45) is 2.42. The molecule has 0 atom stereocenters. The molecule has 92 valence electrons. The second-order valence-electron chi connectivity index (χ2n) is 5.24. The predicted octanol–water partition coefficient (Wildman–Crippen LogP) is 0.886. The largest absolute Gasteiger partial charge is 0.304 e. The minimum atomic E-state index is 1.21. The average molecular weight is 223 g/mol. The molecule has 16 heavy (non-hydrogen) atoms. The third-order valence-corrected chi connectivity index (χ3v) is 3.89. The Morgan fingerprint density at radius 2 is 1.38 bits per heavy atom. The van der Waals surface area contributed by atoms with E-state index in [2.05, 4.69) is 28.3 Å². The predicted molar refractivity (Wildman–Crippen MR) is 68.8 cm³/mol. The third kappa shape index (κ3) is 3.58. The van der Waals surface area contributed by atoms with E-state index in [4.69, 9.17) is 0 Å². The van der Waals surface area contributed by atoms with E-state index in [0.717, 1.165) is 0 Å². The second-order valence-corrected chi connectivity index (χ2v) is 5.24. The molecule has 3 heteroatoms. The lowest BCUT2D eigenvalue weighted by atomic mass is 10.1. The van der Waals surface area contributed by atoms with Crippen molar-refractivity contribution in [3.63, 3.8) is 0 Å². The number of rotatable bonds is 3. The van der Waals surface area contributed by atoms with Gasteiger partial charge in [-0.15, -0.1) is 0 Å². The van der Waals surface area contributed by atoms with Crippen molar-refractivity contribution >= 4 is 0 Å². The van der Waals surface area contributed by atoms with Crippen LogP contribution in [0.15, 0.2) is 12.2 Å². The summed E-state index contributed by atoms with van der Waals surface area (Å²) in [5.41, 5.74) is 1.44. The van der Waals surface area contributed by atoms with Crippen LogP contribution in [-0.2, 0) is 0 Å². The van der Waals surface area contributed by atoms with E-state index in [0.29, 0.717) is 0 Å². The summed E-state index contributed by atoms with van der Waals surface area (Å²) in [5, 5.41) is 0. The Morgan fingerprint density at radius 1 is 0.875 bits per heavy atom. The van der Waals surface area contributed by atoms with Crippen LogP contribution in [0.25, 0.3) is 0 Å². The van der Waals surface area contributed by atoms with E-state index >= 15 is 0 Å². The van der Waals surface area contributed by atoms with Gasteiger partial charge in [-0.05, 0) is 19.9 Å². The standard InChI is InChI=1S/C13H25N3/c1-13-3-5-15(6-4-13)11-12-16-9-7-14(2)8-10-16/h1,3-12H2,2H3. The molecule has 0 aromatic carbocycles. The lowest BCUT2D eigenvalue weighted by Gasteiger charge is -2.35. The van der Waals surface area contributed by atoms with Crippen molar-refractivity contribution < 1.29 is 0 Å². The van der Waals surface area contributed by atoms with Crippen LogP contribution in [0.4, 0.5) is 0 Å². The number of piperidine rings is 1. The fraction of sp³-hybridized carbons (Fsp3) is 0.846. The molecular formula is C13H25N3. The highest BCUT2D eigenvalue weighted by atomic mass is 15.3. The Bertz CT molecular complexity index is 221. The molecule has 2 heterocycles. The van der Waals surface area contributed by atoms with Crippen LogP contribution < -0.4 is 0 Å². The third-order valence-electron chi connectivity index (χ3n) is 3.89. The molecule has 0 aliphatic carbocycles. The summed E-state index contributed by atoms with van der Waals surface area (Å²) in [6, 6.07) is 0. The summed E-state index contributed by atoms with van der Waals surface area (Å²) in [5.74, 6) is 0. The van der Waals surface area contributed by atoms with Gasteiger partial charge in [0.15, 0.2) is 0 Å². The van der Waals surface area contributed by atoms with Crippen LogP contribution in [-0.4, -0.2) is 74.1 Å². The molecule has 0 bridgehead atoms. The van der Waals surface area contributed by atoms with Crippen molar-refractivity contribution in [2.75, 3.05) is 59.4 Å². The Balaban J connectivity index is 1.62. The number of likely N-dealkylation sites (N-methyl/N-ethyl adjacent to an activating group) is 1. The summed E-state index contributed by atoms with van der Waals surface area (Å²) in [7, 11) is 2.22. The van der Waals surface area contributed by atoms with Crippen LogP contribution >= 0.6 is 0 Å². The minimum Gasteiger partial charge on any atom is -0.304 e. The lowest BCUT2D eigenvalue weighted by molar-refractivity contribution is 0.132. The molecule has 0 amide bonds. The zero-order valence-electron chi connectivity index (χ0n) is 10.6. The lowest BCUT2D eigenvalue weighted by Crippen LogP contribution is -2.47. The van der Waals surface area contributed by atoms with Gasteiger partial charge in [0.1, 0.15) is 0 Å². The fourth-order valence-corrected chi connectivity index (χ4v) is 2.45. The zero-order chi connectivity index (χ0) is 11.4. The summed E-state index contributed by atoms with van der Waals surface area (Å²) < 4.78 is 0. The molecule has 2 aliphatic heterocycles. The van der Waals surface area contributed by atoms with E-state index in [1.165, 1.54) is 70.8 Å². The van der Waals surface area contributed by atoms with Crippen LogP contribution in [0.1, 0.15) is 12.8 Å². The van der Waals surface area contributed by atoms with E-state index in [9.17, 15) is 0 Å². The molecule has 2 aliphatic rings. The van der Waals surface area contributed by atoms with Crippen molar-refractivity contribution in [3.05, 3.63) is 12.2 Å². The normalized spacial score (nSPS) is 26.2. The first kappa shape index (κ1) is 12.1. The Morgan fingerprint density at radius 3 is 1.94 bits per heavy atom. The Kier molecular flexibility index (Phi) is 4.38. The maximum Gasteiger partial charge on any atom is 0.0110 e. The molecular weight excluding hydrogens is 198 g/mol. The van der Waals surface area contributed by atoms with E-state index in [1.54, 1.807) is 0 Å². The molecule has 2 saturated heterocycles. The van der Waals surface area contributed by atoms with Crippen molar-refractivity contribution in [3.8, 4) is 0 Å². The number of piperazine rings is 1. The van der Waals surface area contributed by atoms with Crippen LogP contribution in [0.2, 0.25) is 0 Å². The molecule has 2 fully saturated rings. The first-order valence-corrected chi connectivity index (χ1v) is 6.54. The topological polar surface area (TPSA) is 9.72 Å². The number of hydrogen-bond donors (Lipinski definition) is 0. The highest BCUT2D eigenvalue weighted by Crippen LogP contribution is 2.13. The Hall–Kier alpha value is -0.380. The molecule has 0 N–H and O–H groups in total. The van der Waals surface area contributed by atoms with Crippen molar-refractivity contribution in [2.24, 2.45) is 0 Å². The summed E-state index contributed by atoms with van der Waals surface area (Å²) in [6.45, 7) is 14.0. The first-order valence-electron chi connectivity index (χ1n) is 6.54. The van der Waals surface area contributed by atoms with Gasteiger partial charge in [-0.1, -0.05) is 12.2 Å². The SMILES string of the molecule is C=C1CCN(CCN2CCN(C)CC2)CC1. The fourth-order valence-electron chi connectivity index (χ4n) is 2.45. The van der Waals surface area contributed by atoms with Crippen LogP contribution in [0, 0.1) is 0 Å². The summed E-state index contributed by atoms with van der Waals surface area (Å²) >= 11 is 0. The number of nitrogens with zero attached hydrogens (tertiary/aromatic N) is 3. The van der Waals surface area contributed by atoms with Crippen molar-refractivity contribution in [1.82, 2.24) is 14.7 Å². The van der Waals surface area contributed by atoms with E-state index < -0.39 is 0 Å². The van der Waals surface area contributed by atoms with Crippen LogP contribution in [0.3, 0.4) is 0 Å². The number of hydrogen-bond acceptors (Lipinski definition) is 3. The van der Waals surface area contributed by atoms with Gasteiger partial charge in [0.05, 0.1) is 0 Å². The highest BCUT2D eigenvalue weighted by molar-refractivity contribution is 4.98. The van der Waals surface area contributed by atoms with Gasteiger partial charge in [-0.3, -0.25) is 4.90 Å². The highest BCUT2D eigenvalue weighted by Gasteiger charge is 2.16. The monoisotopic (exact) mass is 223 g/mol. The Labute approximate surface area is 99.7 Å². The van der Waals surface area contributed by atoms with Crippen molar-refractivity contribution in [1.29, 1.82) is 0 Å². The van der Waals surface area contributed by atoms with Gasteiger partial charge in [-0.25, -0.2) is 0 Å². The van der Waals surface area contributed by atoms with E-state index in [-0.39, 0.29) is 0 Å². The average Bonchev–Trinajstić information content (AvgIpc) is 2.30. The van der Waals surface area contributed by atoms with Gasteiger partial charge in [0, 0.05) is 52.4 Å². The molecule has 0 saturated carbocycles. The van der Waals surface area contributed by atoms with Gasteiger partial charge < -0.3 is 9.80 Å². The number of likely N-dealkylation sites (tertiary alicyclic amines) is 1. The maximum atomic E-state index is 4.06. The van der Waals surface area contributed by atoms with E-state index in [1.807, 2.05) is 0 Å². The summed E-state index contributed by atoms with van der Waals surface area (Å²) in [4.78, 5) is 7.61. The van der Waals surface area contributed by atoms with Crippen LogP contribution in [0.5, 0.6) is 0 Å². The molecule has 2 rings (SSSR count). The zero-order valence-corrected chi connectivity index (χ0v) is 10.6. The van der Waals surface area contributed by atoms with Gasteiger partial charge in [0.2, 0.25) is 0 Å². The quantitative estimate of drug-likeness (QED) is 0.658. The van der Waals surface area contributed by atoms with Crippen molar-refractivity contribution in [2.45, 2.75) is 12.8 Å². The van der Waals surface area contributed by atoms with Gasteiger partial charge in [0.25, 0.3) is 0 Å². The molecule has 0 spiro atoms. The molecule has 3 nitrogen and oxygen atoms in total. The molecule has 0 aromatic heterocycles. The molecule has 0 unspecified atom stereocenters. The van der Waals surface area contributed by atoms with Gasteiger partial charge in [-0.2, -0.15) is 0 Å². The minimum absolute atomic E-state index is 1.21. The maximum absolute atomic E-state index is 4.06. The first-order chi connectivity index (χ1) is 7.74. The molecule has 0 radical (unpaired) electrons. The second kappa shape index (κ2) is 5.80.